The molecule has 1 heterocycles. The molecule has 0 aliphatic heterocycles. The zero-order valence-electron chi connectivity index (χ0n) is 9.08. The number of halogens is 2. The van der Waals surface area contributed by atoms with Crippen LogP contribution in [0.25, 0.3) is 11.1 Å². The number of benzene rings is 1. The maximum atomic E-state index is 13.7. The van der Waals surface area contributed by atoms with Gasteiger partial charge in [0.25, 0.3) is 0 Å². The van der Waals surface area contributed by atoms with Crippen molar-refractivity contribution in [3.63, 3.8) is 0 Å². The number of aromatic nitrogens is 1. The summed E-state index contributed by atoms with van der Waals surface area (Å²) >= 11 is 0. The quantitative estimate of drug-likeness (QED) is 0.815. The van der Waals surface area contributed by atoms with Crippen LogP contribution in [0.3, 0.4) is 0 Å². The van der Waals surface area contributed by atoms with E-state index >= 15 is 0 Å². The largest absolute Gasteiger partial charge is 0.481 e. The van der Waals surface area contributed by atoms with Gasteiger partial charge in [-0.15, -0.1) is 0 Å². The topological polar surface area (TPSA) is 48.1 Å². The molecule has 5 heteroatoms. The third-order valence-electron chi connectivity index (χ3n) is 2.38. The summed E-state index contributed by atoms with van der Waals surface area (Å²) in [5.74, 6) is -1.13. The Kier molecular flexibility index (Phi) is 2.91. The predicted molar refractivity (Wildman–Crippen MR) is 60.6 cm³/mol. The highest BCUT2D eigenvalue weighted by atomic mass is 19.1. The molecular weight excluding hydrogens is 226 g/mol. The lowest BCUT2D eigenvalue weighted by atomic mass is 10.1. The average molecular weight is 236 g/mol. The molecule has 0 saturated carbocycles. The van der Waals surface area contributed by atoms with E-state index in [1.165, 1.54) is 19.4 Å². The molecule has 0 atom stereocenters. The molecule has 0 radical (unpaired) electrons. The van der Waals surface area contributed by atoms with E-state index in [9.17, 15) is 8.78 Å². The van der Waals surface area contributed by atoms with Gasteiger partial charge in [0, 0.05) is 23.4 Å². The minimum atomic E-state index is -0.781. The molecule has 2 N–H and O–H groups in total. The molecule has 0 fully saturated rings. The number of nitrogens with zero attached hydrogens (tertiary/aromatic N) is 1. The van der Waals surface area contributed by atoms with Gasteiger partial charge < -0.3 is 10.5 Å². The predicted octanol–water partition coefficient (Wildman–Crippen LogP) is 2.62. The lowest BCUT2D eigenvalue weighted by molar-refractivity contribution is 0.398. The summed E-state index contributed by atoms with van der Waals surface area (Å²) in [6.07, 6.45) is 1.44. The molecule has 88 valence electrons. The van der Waals surface area contributed by atoms with Crippen LogP contribution < -0.4 is 10.5 Å². The van der Waals surface area contributed by atoms with Crippen LogP contribution in [0, 0.1) is 11.6 Å². The van der Waals surface area contributed by atoms with Gasteiger partial charge in [0.15, 0.2) is 5.82 Å². The zero-order valence-corrected chi connectivity index (χ0v) is 9.08. The minimum absolute atomic E-state index is 0.207. The summed E-state index contributed by atoms with van der Waals surface area (Å²) in [7, 11) is 1.48. The van der Waals surface area contributed by atoms with Crippen LogP contribution >= 0.6 is 0 Å². The Morgan fingerprint density at radius 1 is 1.18 bits per heavy atom. The average Bonchev–Trinajstić information content (AvgIpc) is 2.36. The minimum Gasteiger partial charge on any atom is -0.481 e. The first kappa shape index (κ1) is 11.3. The fourth-order valence-corrected chi connectivity index (χ4v) is 1.45. The third kappa shape index (κ3) is 2.04. The number of nitrogen functional groups attached to an aromatic ring is 1. The van der Waals surface area contributed by atoms with E-state index in [1.807, 2.05) is 0 Å². The second-order valence-corrected chi connectivity index (χ2v) is 3.41. The van der Waals surface area contributed by atoms with Gasteiger partial charge in [-0.05, 0) is 18.2 Å². The van der Waals surface area contributed by atoms with E-state index in [-0.39, 0.29) is 5.56 Å². The van der Waals surface area contributed by atoms with Crippen molar-refractivity contribution in [1.29, 1.82) is 0 Å². The van der Waals surface area contributed by atoms with Crippen LogP contribution in [0.4, 0.5) is 14.5 Å². The Morgan fingerprint density at radius 3 is 2.53 bits per heavy atom. The highest BCUT2D eigenvalue weighted by Crippen LogP contribution is 2.28. The molecule has 2 rings (SSSR count). The van der Waals surface area contributed by atoms with Crippen LogP contribution in [0.1, 0.15) is 0 Å². The van der Waals surface area contributed by atoms with Crippen molar-refractivity contribution < 1.29 is 13.5 Å². The highest BCUT2D eigenvalue weighted by molar-refractivity contribution is 5.68. The fraction of sp³-hybridized carbons (Fsp3) is 0.0833. The first-order valence-corrected chi connectivity index (χ1v) is 4.87. The van der Waals surface area contributed by atoms with Crippen LogP contribution in [0.5, 0.6) is 5.88 Å². The molecular formula is C12H10F2N2O. The number of hydrogen-bond donors (Lipinski definition) is 1. The molecule has 0 bridgehead atoms. The van der Waals surface area contributed by atoms with Crippen LogP contribution in [0.15, 0.2) is 30.5 Å². The second-order valence-electron chi connectivity index (χ2n) is 3.41. The number of rotatable bonds is 2. The SMILES string of the molecule is COc1ccc(-c2ccc(F)c(N)c2F)cn1. The van der Waals surface area contributed by atoms with Gasteiger partial charge in [0.1, 0.15) is 11.5 Å². The number of methoxy groups -OCH3 is 1. The van der Waals surface area contributed by atoms with Gasteiger partial charge in [0.05, 0.1) is 7.11 Å². The standard InChI is InChI=1S/C12H10F2N2O/c1-17-10-5-2-7(6-16-10)8-3-4-9(13)12(15)11(8)14/h2-6H,15H2,1H3. The summed E-state index contributed by atoms with van der Waals surface area (Å²) < 4.78 is 31.6. The Morgan fingerprint density at radius 2 is 1.94 bits per heavy atom. The molecule has 0 amide bonds. The van der Waals surface area contributed by atoms with Gasteiger partial charge in [-0.1, -0.05) is 0 Å². The van der Waals surface area contributed by atoms with Crippen molar-refractivity contribution in [2.75, 3.05) is 12.8 Å². The first-order valence-electron chi connectivity index (χ1n) is 4.87. The van der Waals surface area contributed by atoms with E-state index in [4.69, 9.17) is 10.5 Å². The summed E-state index contributed by atoms with van der Waals surface area (Å²) in [4.78, 5) is 3.94. The van der Waals surface area contributed by atoms with Crippen LogP contribution in [-0.2, 0) is 0 Å². The van der Waals surface area contributed by atoms with E-state index in [0.29, 0.717) is 11.4 Å². The molecule has 0 spiro atoms. The van der Waals surface area contributed by atoms with Gasteiger partial charge in [-0.3, -0.25) is 0 Å². The van der Waals surface area contributed by atoms with Crippen molar-refractivity contribution >= 4 is 5.69 Å². The Balaban J connectivity index is 2.49. The van der Waals surface area contributed by atoms with Crippen LogP contribution in [0.2, 0.25) is 0 Å². The lowest BCUT2D eigenvalue weighted by Crippen LogP contribution is -1.98. The summed E-state index contributed by atoms with van der Waals surface area (Å²) in [6, 6.07) is 5.67. The van der Waals surface area contributed by atoms with Gasteiger partial charge >= 0.3 is 0 Å². The second kappa shape index (κ2) is 4.37. The van der Waals surface area contributed by atoms with Crippen molar-refractivity contribution in [3.05, 3.63) is 42.1 Å². The molecule has 2 aromatic rings. The van der Waals surface area contributed by atoms with E-state index in [2.05, 4.69) is 4.98 Å². The molecule has 0 unspecified atom stereocenters. The van der Waals surface area contributed by atoms with Crippen molar-refractivity contribution in [3.8, 4) is 17.0 Å². The first-order chi connectivity index (χ1) is 8.13. The normalized spacial score (nSPS) is 10.3. The molecule has 1 aromatic heterocycles. The van der Waals surface area contributed by atoms with Crippen LogP contribution in [-0.4, -0.2) is 12.1 Å². The van der Waals surface area contributed by atoms with Gasteiger partial charge in [-0.2, -0.15) is 0 Å². The molecule has 0 aliphatic rings. The lowest BCUT2D eigenvalue weighted by Gasteiger charge is -2.06. The maximum absolute atomic E-state index is 13.7. The number of ether oxygens (including phenoxy) is 1. The number of hydrogen-bond acceptors (Lipinski definition) is 3. The summed E-state index contributed by atoms with van der Waals surface area (Å²) in [5, 5.41) is 0. The van der Waals surface area contributed by atoms with E-state index in [1.54, 1.807) is 12.1 Å². The molecule has 17 heavy (non-hydrogen) atoms. The maximum Gasteiger partial charge on any atom is 0.212 e. The summed E-state index contributed by atoms with van der Waals surface area (Å²) in [6.45, 7) is 0. The Hall–Kier alpha value is -2.17. The highest BCUT2D eigenvalue weighted by Gasteiger charge is 2.12. The Bertz CT molecular complexity index is 541. The fourth-order valence-electron chi connectivity index (χ4n) is 1.45. The van der Waals surface area contributed by atoms with Gasteiger partial charge in [0.2, 0.25) is 5.88 Å². The van der Waals surface area contributed by atoms with Crippen molar-refractivity contribution in [2.45, 2.75) is 0 Å². The molecule has 0 saturated heterocycles. The number of pyridine rings is 1. The van der Waals surface area contributed by atoms with E-state index in [0.717, 1.165) is 6.07 Å². The smallest absolute Gasteiger partial charge is 0.212 e. The molecule has 0 aliphatic carbocycles. The molecule has 3 nitrogen and oxygen atoms in total. The molecule has 1 aromatic carbocycles. The van der Waals surface area contributed by atoms with Gasteiger partial charge in [-0.25, -0.2) is 13.8 Å². The van der Waals surface area contributed by atoms with Crippen molar-refractivity contribution in [2.24, 2.45) is 0 Å². The monoisotopic (exact) mass is 236 g/mol. The Labute approximate surface area is 96.9 Å². The summed E-state index contributed by atoms with van der Waals surface area (Å²) in [5.41, 5.74) is 5.51. The third-order valence-corrected chi connectivity index (χ3v) is 2.38. The van der Waals surface area contributed by atoms with E-state index < -0.39 is 17.3 Å². The number of nitrogens with two attached hydrogens (primary N) is 1. The zero-order chi connectivity index (χ0) is 12.4. The van der Waals surface area contributed by atoms with Crippen molar-refractivity contribution in [1.82, 2.24) is 4.98 Å². The number of anilines is 1.